The summed E-state index contributed by atoms with van der Waals surface area (Å²) < 4.78 is 38.8. The largest absolute Gasteiger partial charge is 0.433 e. The maximum absolute atomic E-state index is 12.9. The molecule has 29 heavy (non-hydrogen) atoms. The quantitative estimate of drug-likeness (QED) is 0.788. The van der Waals surface area contributed by atoms with Crippen LogP contribution >= 0.6 is 0 Å². The topological polar surface area (TPSA) is 52.6 Å². The van der Waals surface area contributed by atoms with Crippen molar-refractivity contribution in [3.8, 4) is 0 Å². The molecule has 3 fully saturated rings. The average Bonchev–Trinajstić information content (AvgIpc) is 3.16. The number of alkyl halides is 3. The first kappa shape index (κ1) is 18.4. The lowest BCUT2D eigenvalue weighted by molar-refractivity contribution is -0.141. The van der Waals surface area contributed by atoms with E-state index in [1.807, 2.05) is 28.0 Å². The van der Waals surface area contributed by atoms with Crippen LogP contribution in [0.1, 0.15) is 17.7 Å². The van der Waals surface area contributed by atoms with Crippen molar-refractivity contribution < 1.29 is 18.0 Å². The van der Waals surface area contributed by atoms with E-state index in [9.17, 15) is 18.0 Å². The predicted octanol–water partition coefficient (Wildman–Crippen LogP) is 2.35. The minimum absolute atomic E-state index is 0.0829. The molecule has 1 amide bonds. The summed E-state index contributed by atoms with van der Waals surface area (Å²) in [5, 5.41) is 0. The summed E-state index contributed by atoms with van der Waals surface area (Å²) in [6.45, 7) is 2.17. The van der Waals surface area contributed by atoms with Crippen LogP contribution < -0.4 is 9.80 Å². The molecule has 3 saturated heterocycles. The number of amides is 1. The zero-order valence-electron chi connectivity index (χ0n) is 15.6. The highest BCUT2D eigenvalue weighted by molar-refractivity contribution is 5.96. The lowest BCUT2D eigenvalue weighted by atomic mass is 9.87. The molecule has 2 aromatic rings. The van der Waals surface area contributed by atoms with Gasteiger partial charge in [-0.3, -0.25) is 9.69 Å². The molecule has 0 aliphatic carbocycles. The van der Waals surface area contributed by atoms with Gasteiger partial charge in [-0.1, -0.05) is 18.2 Å². The number of piperidine rings is 1. The third-order valence-corrected chi connectivity index (χ3v) is 6.12. The number of hydrogen-bond acceptors (Lipinski definition) is 5. The molecule has 2 unspecified atom stereocenters. The number of carbonyl (C=O) groups is 1. The van der Waals surface area contributed by atoms with Gasteiger partial charge in [0.1, 0.15) is 17.8 Å². The molecule has 4 aliphatic rings. The van der Waals surface area contributed by atoms with Crippen LogP contribution in [0.5, 0.6) is 0 Å². The number of halogens is 3. The van der Waals surface area contributed by atoms with Crippen molar-refractivity contribution in [3.63, 3.8) is 0 Å². The summed E-state index contributed by atoms with van der Waals surface area (Å²) in [6, 6.07) is 9.26. The van der Waals surface area contributed by atoms with E-state index in [4.69, 9.17) is 0 Å². The molecule has 9 heteroatoms. The van der Waals surface area contributed by atoms with Gasteiger partial charge in [-0.15, -0.1) is 0 Å². The highest BCUT2D eigenvalue weighted by Crippen LogP contribution is 2.36. The van der Waals surface area contributed by atoms with Gasteiger partial charge in [-0.2, -0.15) is 13.2 Å². The van der Waals surface area contributed by atoms with Crippen molar-refractivity contribution in [2.45, 2.75) is 31.1 Å². The SMILES string of the molecule is O=C(CN1C2CC1CN(c1cc(C(F)(F)F)ncn1)C2)N1CCc2ccccc21. The fraction of sp³-hybridized carbons (Fsp3) is 0.450. The molecule has 0 radical (unpaired) electrons. The molecule has 0 saturated carbocycles. The van der Waals surface area contributed by atoms with Crippen molar-refractivity contribution in [1.82, 2.24) is 14.9 Å². The Hall–Kier alpha value is -2.68. The van der Waals surface area contributed by atoms with Crippen LogP contribution in [0.25, 0.3) is 0 Å². The number of carbonyl (C=O) groups excluding carboxylic acids is 1. The second-order valence-electron chi connectivity index (χ2n) is 7.80. The number of piperazine rings is 1. The van der Waals surface area contributed by atoms with Crippen LogP contribution in [-0.2, 0) is 17.4 Å². The normalized spacial score (nSPS) is 23.7. The standard InChI is InChI=1S/C20H20F3N5O/c21-20(22,23)17-8-18(25-12-24-17)26-9-14-7-15(10-26)28(14)11-19(29)27-6-5-13-3-1-2-4-16(13)27/h1-4,8,12,14-15H,5-7,9-11H2. The summed E-state index contributed by atoms with van der Waals surface area (Å²) >= 11 is 0. The van der Waals surface area contributed by atoms with Crippen LogP contribution in [-0.4, -0.2) is 59.0 Å². The minimum atomic E-state index is -4.49. The van der Waals surface area contributed by atoms with Crippen molar-refractivity contribution in [3.05, 3.63) is 47.9 Å². The molecule has 0 spiro atoms. The van der Waals surface area contributed by atoms with Crippen molar-refractivity contribution >= 4 is 17.4 Å². The van der Waals surface area contributed by atoms with Crippen LogP contribution in [0.15, 0.2) is 36.7 Å². The number of fused-ring (bicyclic) bond motifs is 3. The van der Waals surface area contributed by atoms with Gasteiger partial charge < -0.3 is 9.80 Å². The van der Waals surface area contributed by atoms with E-state index in [2.05, 4.69) is 20.9 Å². The number of nitrogens with zero attached hydrogens (tertiary/aromatic N) is 5. The highest BCUT2D eigenvalue weighted by atomic mass is 19.4. The highest BCUT2D eigenvalue weighted by Gasteiger charge is 2.46. The van der Waals surface area contributed by atoms with E-state index in [1.165, 1.54) is 5.56 Å². The molecular weight excluding hydrogens is 383 g/mol. The fourth-order valence-corrected chi connectivity index (χ4v) is 4.65. The van der Waals surface area contributed by atoms with Gasteiger partial charge in [0.2, 0.25) is 5.91 Å². The van der Waals surface area contributed by atoms with E-state index < -0.39 is 11.9 Å². The Morgan fingerprint density at radius 2 is 1.90 bits per heavy atom. The van der Waals surface area contributed by atoms with Gasteiger partial charge in [0, 0.05) is 43.5 Å². The number of anilines is 2. The fourth-order valence-electron chi connectivity index (χ4n) is 4.65. The Labute approximate surface area is 165 Å². The third kappa shape index (κ3) is 3.23. The van der Waals surface area contributed by atoms with E-state index in [0.29, 0.717) is 32.0 Å². The molecule has 4 aliphatic heterocycles. The van der Waals surface area contributed by atoms with Gasteiger partial charge in [0.05, 0.1) is 6.54 Å². The third-order valence-electron chi connectivity index (χ3n) is 6.12. The number of aromatic nitrogens is 2. The number of rotatable bonds is 3. The Morgan fingerprint density at radius 1 is 1.14 bits per heavy atom. The first-order valence-corrected chi connectivity index (χ1v) is 9.68. The molecule has 1 aromatic heterocycles. The van der Waals surface area contributed by atoms with E-state index in [-0.39, 0.29) is 18.0 Å². The van der Waals surface area contributed by atoms with Crippen molar-refractivity contribution in [1.29, 1.82) is 0 Å². The Morgan fingerprint density at radius 3 is 2.66 bits per heavy atom. The average molecular weight is 403 g/mol. The Kier molecular flexibility index (Phi) is 4.23. The number of benzene rings is 1. The number of hydrogen-bond donors (Lipinski definition) is 0. The summed E-state index contributed by atoms with van der Waals surface area (Å²) in [6.07, 6.45) is -1.69. The van der Waals surface area contributed by atoms with Crippen LogP contribution in [0.2, 0.25) is 0 Å². The first-order valence-electron chi connectivity index (χ1n) is 9.68. The second kappa shape index (κ2) is 6.69. The maximum atomic E-state index is 12.9. The number of para-hydroxylation sites is 1. The zero-order valence-corrected chi connectivity index (χ0v) is 15.6. The van der Waals surface area contributed by atoms with Crippen molar-refractivity contribution in [2.24, 2.45) is 0 Å². The van der Waals surface area contributed by atoms with Gasteiger partial charge in [0.25, 0.3) is 0 Å². The molecule has 2 bridgehead atoms. The molecule has 0 N–H and O–H groups in total. The molecule has 1 aromatic carbocycles. The van der Waals surface area contributed by atoms with Gasteiger partial charge >= 0.3 is 6.18 Å². The monoisotopic (exact) mass is 403 g/mol. The summed E-state index contributed by atoms with van der Waals surface area (Å²) in [7, 11) is 0. The summed E-state index contributed by atoms with van der Waals surface area (Å²) in [4.78, 5) is 26.1. The van der Waals surface area contributed by atoms with Gasteiger partial charge in [0.15, 0.2) is 0 Å². The molecule has 6 rings (SSSR count). The lowest BCUT2D eigenvalue weighted by Gasteiger charge is -2.56. The molecule has 152 valence electrons. The Balaban J connectivity index is 1.24. The van der Waals surface area contributed by atoms with Crippen molar-refractivity contribution in [2.75, 3.05) is 36.0 Å². The summed E-state index contributed by atoms with van der Waals surface area (Å²) in [5.74, 6) is 0.376. The maximum Gasteiger partial charge on any atom is 0.433 e. The molecule has 5 heterocycles. The predicted molar refractivity (Wildman–Crippen MR) is 101 cm³/mol. The van der Waals surface area contributed by atoms with E-state index in [0.717, 1.165) is 30.9 Å². The Bertz CT molecular complexity index is 938. The minimum Gasteiger partial charge on any atom is -0.353 e. The second-order valence-corrected chi connectivity index (χ2v) is 7.80. The first-order chi connectivity index (χ1) is 13.9. The van der Waals surface area contributed by atoms with Gasteiger partial charge in [-0.25, -0.2) is 9.97 Å². The van der Waals surface area contributed by atoms with E-state index in [1.54, 1.807) is 0 Å². The van der Waals surface area contributed by atoms with Crippen LogP contribution in [0.3, 0.4) is 0 Å². The molecule has 2 atom stereocenters. The van der Waals surface area contributed by atoms with Crippen LogP contribution in [0, 0.1) is 0 Å². The van der Waals surface area contributed by atoms with Crippen LogP contribution in [0.4, 0.5) is 24.7 Å². The summed E-state index contributed by atoms with van der Waals surface area (Å²) in [5.41, 5.74) is 1.26. The zero-order chi connectivity index (χ0) is 20.2. The van der Waals surface area contributed by atoms with E-state index >= 15 is 0 Å². The smallest absolute Gasteiger partial charge is 0.353 e. The molecule has 6 nitrogen and oxygen atoms in total. The molecular formula is C20H20F3N5O. The van der Waals surface area contributed by atoms with Gasteiger partial charge in [-0.05, 0) is 24.5 Å². The lowest BCUT2D eigenvalue weighted by Crippen LogP contribution is -2.70.